The van der Waals surface area contributed by atoms with Crippen molar-refractivity contribution in [1.82, 2.24) is 14.5 Å². The fourth-order valence-electron chi connectivity index (χ4n) is 4.78. The van der Waals surface area contributed by atoms with Gasteiger partial charge in [0.05, 0.1) is 25.4 Å². The first-order chi connectivity index (χ1) is 17.4. The third-order valence-electron chi connectivity index (χ3n) is 6.69. The maximum absolute atomic E-state index is 14.1. The predicted octanol–water partition coefficient (Wildman–Crippen LogP) is 3.49. The molecule has 0 radical (unpaired) electrons. The maximum Gasteiger partial charge on any atom is 0.257 e. The van der Waals surface area contributed by atoms with Gasteiger partial charge >= 0.3 is 0 Å². The second-order valence-corrected chi connectivity index (χ2v) is 9.06. The van der Waals surface area contributed by atoms with E-state index < -0.39 is 6.04 Å². The van der Waals surface area contributed by atoms with Crippen LogP contribution in [0.2, 0.25) is 0 Å². The molecule has 1 saturated heterocycles. The van der Waals surface area contributed by atoms with Crippen LogP contribution in [0.5, 0.6) is 11.5 Å². The molecular weight excluding hydrogens is 485 g/mol. The summed E-state index contributed by atoms with van der Waals surface area (Å²) in [6.45, 7) is 2.11. The van der Waals surface area contributed by atoms with Crippen LogP contribution in [-0.4, -0.2) is 72.7 Å². The van der Waals surface area contributed by atoms with Gasteiger partial charge < -0.3 is 24.6 Å². The quantitative estimate of drug-likeness (QED) is 0.504. The van der Waals surface area contributed by atoms with Gasteiger partial charge in [-0.05, 0) is 36.8 Å². The lowest BCUT2D eigenvalue weighted by Crippen LogP contribution is -2.49. The Hall–Kier alpha value is -3.73. The smallest absolute Gasteiger partial charge is 0.257 e. The average molecular weight is 512 g/mol. The monoisotopic (exact) mass is 511 g/mol. The third kappa shape index (κ3) is 4.23. The zero-order valence-corrected chi connectivity index (χ0v) is 20.8. The van der Waals surface area contributed by atoms with E-state index in [0.717, 1.165) is 0 Å². The number of aromatic nitrogens is 2. The number of nitrogens with zero attached hydrogens (tertiary/aromatic N) is 4. The van der Waals surface area contributed by atoms with Crippen molar-refractivity contribution in [2.45, 2.75) is 18.9 Å². The number of carbonyl (C=O) groups excluding carboxylic acids is 2. The number of amides is 1. The number of halogens is 1. The van der Waals surface area contributed by atoms with Crippen molar-refractivity contribution in [3.8, 4) is 11.5 Å². The van der Waals surface area contributed by atoms with Crippen molar-refractivity contribution in [2.75, 3.05) is 50.6 Å². The van der Waals surface area contributed by atoms with E-state index >= 15 is 0 Å². The Morgan fingerprint density at radius 1 is 1.14 bits per heavy atom. The molecule has 3 aromatic rings. The first-order valence-electron chi connectivity index (χ1n) is 11.7. The predicted molar refractivity (Wildman–Crippen MR) is 136 cm³/mol. The molecule has 2 aliphatic rings. The largest absolute Gasteiger partial charge is 0.493 e. The van der Waals surface area contributed by atoms with Crippen molar-refractivity contribution < 1.29 is 23.5 Å². The molecule has 0 aliphatic carbocycles. The van der Waals surface area contributed by atoms with Gasteiger partial charge in [-0.15, -0.1) is 0 Å². The van der Waals surface area contributed by atoms with E-state index in [1.54, 1.807) is 35.2 Å². The number of rotatable bonds is 6. The number of benzene rings is 2. The van der Waals surface area contributed by atoms with Crippen LogP contribution in [0.15, 0.2) is 36.4 Å². The Labute approximate surface area is 212 Å². The summed E-state index contributed by atoms with van der Waals surface area (Å²) < 4.78 is 26.4. The van der Waals surface area contributed by atoms with E-state index in [1.807, 2.05) is 4.90 Å². The summed E-state index contributed by atoms with van der Waals surface area (Å²) >= 11 is 5.39. The highest BCUT2D eigenvalue weighted by molar-refractivity contribution is 7.71. The molecule has 1 unspecified atom stereocenters. The summed E-state index contributed by atoms with van der Waals surface area (Å²) in [7, 11) is 3.07. The molecule has 5 rings (SSSR count). The minimum atomic E-state index is -0.601. The number of hydrogen-bond donors (Lipinski definition) is 1. The molecule has 2 aromatic carbocycles. The molecule has 188 valence electrons. The van der Waals surface area contributed by atoms with Crippen LogP contribution in [0.1, 0.15) is 17.6 Å². The minimum absolute atomic E-state index is 0.0354. The Balaban J connectivity index is 1.26. The Kier molecular flexibility index (Phi) is 6.48. The van der Waals surface area contributed by atoms with Crippen molar-refractivity contribution in [1.29, 1.82) is 0 Å². The number of nitrogens with one attached hydrogen (secondary N) is 1. The van der Waals surface area contributed by atoms with Gasteiger partial charge in [0.1, 0.15) is 17.7 Å². The Bertz CT molecular complexity index is 1400. The number of para-hydroxylation sites is 1. The van der Waals surface area contributed by atoms with Gasteiger partial charge in [0, 0.05) is 44.1 Å². The fourth-order valence-corrected chi connectivity index (χ4v) is 5.06. The molecule has 1 amide bonds. The molecule has 1 aromatic heterocycles. The van der Waals surface area contributed by atoms with Crippen LogP contribution in [-0.2, 0) is 4.79 Å². The normalized spacial score (nSPS) is 17.2. The second kappa shape index (κ2) is 9.73. The van der Waals surface area contributed by atoms with Crippen LogP contribution in [0.3, 0.4) is 0 Å². The molecule has 11 heteroatoms. The van der Waals surface area contributed by atoms with Crippen molar-refractivity contribution in [3.05, 3.63) is 47.0 Å². The van der Waals surface area contributed by atoms with Gasteiger partial charge in [0.2, 0.25) is 10.7 Å². The lowest BCUT2D eigenvalue weighted by atomic mass is 10.1. The van der Waals surface area contributed by atoms with Gasteiger partial charge in [0.25, 0.3) is 5.91 Å². The number of hydrogen-bond acceptors (Lipinski definition) is 8. The molecule has 3 heterocycles. The van der Waals surface area contributed by atoms with Crippen molar-refractivity contribution >= 4 is 46.4 Å². The number of carbonyl (C=O) groups is 2. The lowest BCUT2D eigenvalue weighted by Gasteiger charge is -2.36. The number of piperazine rings is 1. The van der Waals surface area contributed by atoms with Gasteiger partial charge in [-0.3, -0.25) is 9.59 Å². The summed E-state index contributed by atoms with van der Waals surface area (Å²) in [5.41, 5.74) is 1.13. The molecular formula is C25H26FN5O4S. The topological polar surface area (TPSA) is 88.9 Å². The summed E-state index contributed by atoms with van der Waals surface area (Å²) in [5.74, 6) is 1.02. The molecule has 0 bridgehead atoms. The SMILES string of the molecule is COc1cc2nc(=S)n3c(c2cc1OC)NC(CCC(=O)N1CCN(c2ccccc2F)CC1)C3=O. The first kappa shape index (κ1) is 24.0. The standard InChI is InChI=1S/C25H26FN5O4S/c1-34-20-13-15-18(14-21(20)35-2)28-25(36)31-23(15)27-17(24(31)33)7-8-22(32)30-11-9-29(10-12-30)19-6-4-3-5-16(19)26/h3-6,13-14,17,27H,7-12H2,1-2H3. The van der Waals surface area contributed by atoms with Crippen LogP contribution >= 0.6 is 12.2 Å². The van der Waals surface area contributed by atoms with Crippen LogP contribution in [0, 0.1) is 10.6 Å². The highest BCUT2D eigenvalue weighted by Gasteiger charge is 2.33. The van der Waals surface area contributed by atoms with Crippen LogP contribution in [0.4, 0.5) is 15.9 Å². The van der Waals surface area contributed by atoms with Crippen molar-refractivity contribution in [3.63, 3.8) is 0 Å². The van der Waals surface area contributed by atoms with Crippen LogP contribution < -0.4 is 19.7 Å². The number of ether oxygens (including phenoxy) is 2. The van der Waals surface area contributed by atoms with E-state index in [4.69, 9.17) is 21.7 Å². The zero-order valence-electron chi connectivity index (χ0n) is 20.0. The molecule has 2 aliphatic heterocycles. The van der Waals surface area contributed by atoms with E-state index in [2.05, 4.69) is 10.3 Å². The number of fused-ring (bicyclic) bond motifs is 3. The van der Waals surface area contributed by atoms with E-state index in [0.29, 0.717) is 66.5 Å². The maximum atomic E-state index is 14.1. The first-order valence-corrected chi connectivity index (χ1v) is 12.1. The van der Waals surface area contributed by atoms with Crippen LogP contribution in [0.25, 0.3) is 10.9 Å². The van der Waals surface area contributed by atoms with E-state index in [1.165, 1.54) is 24.9 Å². The third-order valence-corrected chi connectivity index (χ3v) is 6.96. The average Bonchev–Trinajstić information content (AvgIpc) is 3.23. The summed E-state index contributed by atoms with van der Waals surface area (Å²) in [6.07, 6.45) is 0.517. The van der Waals surface area contributed by atoms with Gasteiger partial charge in [-0.1, -0.05) is 12.1 Å². The minimum Gasteiger partial charge on any atom is -0.493 e. The van der Waals surface area contributed by atoms with E-state index in [9.17, 15) is 14.0 Å². The molecule has 0 saturated carbocycles. The summed E-state index contributed by atoms with van der Waals surface area (Å²) in [5, 5.41) is 3.91. The molecule has 1 N–H and O–H groups in total. The molecule has 9 nitrogen and oxygen atoms in total. The fraction of sp³-hybridized carbons (Fsp3) is 0.360. The van der Waals surface area contributed by atoms with Crippen molar-refractivity contribution in [2.24, 2.45) is 0 Å². The second-order valence-electron chi connectivity index (χ2n) is 8.70. The molecule has 36 heavy (non-hydrogen) atoms. The van der Waals surface area contributed by atoms with Gasteiger partial charge in [-0.25, -0.2) is 13.9 Å². The van der Waals surface area contributed by atoms with Gasteiger partial charge in [-0.2, -0.15) is 0 Å². The lowest BCUT2D eigenvalue weighted by molar-refractivity contribution is -0.131. The Morgan fingerprint density at radius 3 is 2.53 bits per heavy atom. The molecule has 0 spiro atoms. The Morgan fingerprint density at radius 2 is 1.83 bits per heavy atom. The highest BCUT2D eigenvalue weighted by atomic mass is 32.1. The van der Waals surface area contributed by atoms with E-state index in [-0.39, 0.29) is 28.8 Å². The summed E-state index contributed by atoms with van der Waals surface area (Å²) in [4.78, 5) is 34.1. The highest BCUT2D eigenvalue weighted by Crippen LogP contribution is 2.37. The summed E-state index contributed by atoms with van der Waals surface area (Å²) in [6, 6.07) is 9.52. The molecule has 1 atom stereocenters. The van der Waals surface area contributed by atoms with Gasteiger partial charge in [0.15, 0.2) is 11.5 Å². The number of anilines is 2. The number of methoxy groups -OCH3 is 2. The molecule has 1 fully saturated rings. The zero-order chi connectivity index (χ0) is 25.4.